The highest BCUT2D eigenvalue weighted by Gasteiger charge is 2.15. The molecule has 0 aliphatic heterocycles. The lowest BCUT2D eigenvalue weighted by molar-refractivity contribution is -0.385. The summed E-state index contributed by atoms with van der Waals surface area (Å²) in [5.74, 6) is 0.855. The predicted molar refractivity (Wildman–Crippen MR) is 121 cm³/mol. The van der Waals surface area contributed by atoms with E-state index in [1.165, 1.54) is 19.4 Å². The maximum atomic E-state index is 12.6. The highest BCUT2D eigenvalue weighted by Crippen LogP contribution is 2.28. The molecule has 0 fully saturated rings. The Morgan fingerprint density at radius 2 is 1.84 bits per heavy atom. The number of hydrogen-bond donors (Lipinski definition) is 1. The number of nitrogens with zero attached hydrogens (tertiary/aromatic N) is 2. The van der Waals surface area contributed by atoms with Crippen molar-refractivity contribution in [2.75, 3.05) is 7.11 Å². The quantitative estimate of drug-likeness (QED) is 0.261. The molecule has 32 heavy (non-hydrogen) atoms. The number of aryl methyl sites for hydroxylation is 1. The lowest BCUT2D eigenvalue weighted by Gasteiger charge is -2.09. The van der Waals surface area contributed by atoms with Gasteiger partial charge in [-0.25, -0.2) is 5.43 Å². The van der Waals surface area contributed by atoms with Crippen LogP contribution in [0.5, 0.6) is 5.75 Å². The van der Waals surface area contributed by atoms with Crippen LogP contribution in [-0.2, 0) is 0 Å². The highest BCUT2D eigenvalue weighted by atomic mass is 16.6. The van der Waals surface area contributed by atoms with Crippen LogP contribution in [0.1, 0.15) is 21.7 Å². The fraction of sp³-hybridized carbons (Fsp3) is 0.0833. The third kappa shape index (κ3) is 4.20. The molecule has 0 radical (unpaired) electrons. The van der Waals surface area contributed by atoms with Gasteiger partial charge in [-0.3, -0.25) is 14.9 Å². The first-order chi connectivity index (χ1) is 15.5. The second-order valence-corrected chi connectivity index (χ2v) is 7.06. The van der Waals surface area contributed by atoms with Crippen molar-refractivity contribution in [1.82, 2.24) is 5.43 Å². The Labute approximate surface area is 183 Å². The van der Waals surface area contributed by atoms with E-state index in [1.807, 2.05) is 24.3 Å². The standard InChI is InChI=1S/C24H19N3O5/c1-15-7-8-18(12-21(15)27(29)30)22-10-9-19(32-22)14-25-26-24(28)20-11-16-5-3-4-6-17(16)13-23(20)31-2/h3-14H,1-2H3,(H,26,28)/b25-14-. The molecule has 1 heterocycles. The number of ether oxygens (including phenoxy) is 1. The first-order valence-electron chi connectivity index (χ1n) is 9.71. The molecule has 8 heteroatoms. The van der Waals surface area contributed by atoms with Gasteiger partial charge in [-0.05, 0) is 42.0 Å². The number of nitrogens with one attached hydrogen (secondary N) is 1. The number of rotatable bonds is 6. The van der Waals surface area contributed by atoms with E-state index in [9.17, 15) is 14.9 Å². The molecule has 3 aromatic carbocycles. The Morgan fingerprint density at radius 3 is 2.56 bits per heavy atom. The maximum absolute atomic E-state index is 12.6. The summed E-state index contributed by atoms with van der Waals surface area (Å²) in [5, 5.41) is 17.0. The number of furan rings is 1. The van der Waals surface area contributed by atoms with Gasteiger partial charge in [0.2, 0.25) is 0 Å². The number of methoxy groups -OCH3 is 1. The molecule has 0 spiro atoms. The fourth-order valence-corrected chi connectivity index (χ4v) is 3.32. The summed E-state index contributed by atoms with van der Waals surface area (Å²) < 4.78 is 11.0. The van der Waals surface area contributed by atoms with E-state index >= 15 is 0 Å². The second-order valence-electron chi connectivity index (χ2n) is 7.06. The van der Waals surface area contributed by atoms with Gasteiger partial charge >= 0.3 is 0 Å². The van der Waals surface area contributed by atoms with Gasteiger partial charge in [-0.15, -0.1) is 0 Å². The SMILES string of the molecule is COc1cc2ccccc2cc1C(=O)N/N=C\c1ccc(-c2ccc(C)c([N+](=O)[O-])c2)o1. The lowest BCUT2D eigenvalue weighted by atomic mass is 10.1. The summed E-state index contributed by atoms with van der Waals surface area (Å²) in [5.41, 5.74) is 3.99. The number of benzene rings is 3. The van der Waals surface area contributed by atoms with Gasteiger partial charge < -0.3 is 9.15 Å². The van der Waals surface area contributed by atoms with Crippen molar-refractivity contribution in [3.63, 3.8) is 0 Å². The minimum absolute atomic E-state index is 0.0192. The summed E-state index contributed by atoms with van der Waals surface area (Å²) in [6, 6.07) is 19.4. The number of carbonyl (C=O) groups excluding carboxylic acids is 1. The molecule has 0 atom stereocenters. The Hall–Kier alpha value is -4.46. The molecule has 0 bridgehead atoms. The molecule has 0 saturated heterocycles. The Kier molecular flexibility index (Phi) is 5.67. The molecule has 1 N–H and O–H groups in total. The average Bonchev–Trinajstić information content (AvgIpc) is 3.27. The lowest BCUT2D eigenvalue weighted by Crippen LogP contribution is -2.18. The van der Waals surface area contributed by atoms with Crippen LogP contribution in [0.2, 0.25) is 0 Å². The molecule has 4 rings (SSSR count). The molecule has 160 valence electrons. The van der Waals surface area contributed by atoms with Gasteiger partial charge in [0.05, 0.1) is 23.8 Å². The molecule has 1 amide bonds. The van der Waals surface area contributed by atoms with E-state index in [2.05, 4.69) is 10.5 Å². The van der Waals surface area contributed by atoms with Crippen LogP contribution in [0.15, 0.2) is 76.2 Å². The van der Waals surface area contributed by atoms with Gasteiger partial charge in [0.15, 0.2) is 0 Å². The van der Waals surface area contributed by atoms with Gasteiger partial charge in [-0.2, -0.15) is 5.10 Å². The monoisotopic (exact) mass is 429 g/mol. The summed E-state index contributed by atoms with van der Waals surface area (Å²) >= 11 is 0. The van der Waals surface area contributed by atoms with Gasteiger partial charge in [0.25, 0.3) is 11.6 Å². The second kappa shape index (κ2) is 8.73. The van der Waals surface area contributed by atoms with E-state index in [0.29, 0.717) is 34.0 Å². The van der Waals surface area contributed by atoms with Crippen molar-refractivity contribution in [2.24, 2.45) is 5.10 Å². The van der Waals surface area contributed by atoms with Crippen molar-refractivity contribution in [2.45, 2.75) is 6.92 Å². The third-order valence-corrected chi connectivity index (χ3v) is 4.99. The smallest absolute Gasteiger partial charge is 0.275 e. The van der Waals surface area contributed by atoms with Crippen LogP contribution in [0.3, 0.4) is 0 Å². The third-order valence-electron chi connectivity index (χ3n) is 4.99. The Morgan fingerprint density at radius 1 is 1.09 bits per heavy atom. The van der Waals surface area contributed by atoms with Crippen LogP contribution in [0.4, 0.5) is 5.69 Å². The molecule has 1 aromatic heterocycles. The van der Waals surface area contributed by atoms with Crippen LogP contribution < -0.4 is 10.2 Å². The van der Waals surface area contributed by atoms with E-state index in [4.69, 9.17) is 9.15 Å². The highest BCUT2D eigenvalue weighted by molar-refractivity contribution is 6.01. The number of nitro benzene ring substituents is 1. The zero-order valence-corrected chi connectivity index (χ0v) is 17.4. The maximum Gasteiger partial charge on any atom is 0.275 e. The molecule has 0 aliphatic carbocycles. The van der Waals surface area contributed by atoms with Gasteiger partial charge in [0.1, 0.15) is 17.3 Å². The zero-order chi connectivity index (χ0) is 22.7. The minimum Gasteiger partial charge on any atom is -0.496 e. The summed E-state index contributed by atoms with van der Waals surface area (Å²) in [4.78, 5) is 23.3. The summed E-state index contributed by atoms with van der Waals surface area (Å²) in [7, 11) is 1.50. The molecule has 0 aliphatic rings. The van der Waals surface area contributed by atoms with Crippen molar-refractivity contribution >= 4 is 28.6 Å². The van der Waals surface area contributed by atoms with Crippen LogP contribution in [-0.4, -0.2) is 24.2 Å². The van der Waals surface area contributed by atoms with Crippen LogP contribution in [0.25, 0.3) is 22.1 Å². The number of fused-ring (bicyclic) bond motifs is 1. The van der Waals surface area contributed by atoms with Crippen molar-refractivity contribution in [1.29, 1.82) is 0 Å². The first kappa shape index (κ1) is 20.8. The van der Waals surface area contributed by atoms with Gasteiger partial charge in [0, 0.05) is 17.2 Å². The topological polar surface area (TPSA) is 107 Å². The number of nitro groups is 1. The number of carbonyl (C=O) groups is 1. The average molecular weight is 429 g/mol. The zero-order valence-electron chi connectivity index (χ0n) is 17.4. The van der Waals surface area contributed by atoms with Crippen LogP contribution >= 0.6 is 0 Å². The van der Waals surface area contributed by atoms with Crippen LogP contribution in [0, 0.1) is 17.0 Å². The van der Waals surface area contributed by atoms with E-state index < -0.39 is 10.8 Å². The molecule has 4 aromatic rings. The van der Waals surface area contributed by atoms with Crippen molar-refractivity contribution in [3.05, 3.63) is 93.7 Å². The first-order valence-corrected chi connectivity index (χ1v) is 9.71. The number of hydrogen-bond acceptors (Lipinski definition) is 6. The normalized spacial score (nSPS) is 11.1. The Bertz CT molecular complexity index is 1360. The van der Waals surface area contributed by atoms with Gasteiger partial charge in [-0.1, -0.05) is 36.4 Å². The molecular formula is C24H19N3O5. The fourth-order valence-electron chi connectivity index (χ4n) is 3.32. The molecular weight excluding hydrogens is 410 g/mol. The number of hydrazone groups is 1. The summed E-state index contributed by atoms with van der Waals surface area (Å²) in [6.45, 7) is 1.68. The summed E-state index contributed by atoms with van der Waals surface area (Å²) in [6.07, 6.45) is 1.36. The molecule has 0 unspecified atom stereocenters. The minimum atomic E-state index is -0.430. The van der Waals surface area contributed by atoms with Crippen molar-refractivity contribution < 1.29 is 18.9 Å². The molecule has 0 saturated carbocycles. The Balaban J connectivity index is 1.50. The van der Waals surface area contributed by atoms with E-state index in [0.717, 1.165) is 10.8 Å². The largest absolute Gasteiger partial charge is 0.496 e. The van der Waals surface area contributed by atoms with E-state index in [-0.39, 0.29) is 5.69 Å². The molecule has 8 nitrogen and oxygen atoms in total. The van der Waals surface area contributed by atoms with E-state index in [1.54, 1.807) is 43.3 Å². The predicted octanol–water partition coefficient (Wildman–Crippen LogP) is 5.09. The number of amides is 1. The van der Waals surface area contributed by atoms with Crippen molar-refractivity contribution in [3.8, 4) is 17.1 Å².